The summed E-state index contributed by atoms with van der Waals surface area (Å²) in [6.07, 6.45) is 3.73. The fourth-order valence-corrected chi connectivity index (χ4v) is 4.58. The van der Waals surface area contributed by atoms with Crippen molar-refractivity contribution in [2.24, 2.45) is 0 Å². The molecule has 0 spiro atoms. The number of nitrogens with zero attached hydrogens (tertiary/aromatic N) is 2. The highest BCUT2D eigenvalue weighted by molar-refractivity contribution is 5.94. The molecule has 154 valence electrons. The molecule has 0 bridgehead atoms. The zero-order valence-electron chi connectivity index (χ0n) is 17.8. The van der Waals surface area contributed by atoms with Crippen LogP contribution >= 0.6 is 0 Å². The zero-order chi connectivity index (χ0) is 20.8. The van der Waals surface area contributed by atoms with E-state index in [0.717, 1.165) is 44.3 Å². The van der Waals surface area contributed by atoms with Crippen LogP contribution in [0.5, 0.6) is 0 Å². The van der Waals surface area contributed by atoms with E-state index in [1.54, 1.807) is 0 Å². The molecule has 0 unspecified atom stereocenters. The first kappa shape index (κ1) is 20.4. The van der Waals surface area contributed by atoms with Crippen molar-refractivity contribution in [2.45, 2.75) is 38.0 Å². The molecule has 4 rings (SSSR count). The molecular weight excluding hydrogens is 368 g/mol. The zero-order valence-corrected chi connectivity index (χ0v) is 17.8. The lowest BCUT2D eigenvalue weighted by Crippen LogP contribution is -2.32. The summed E-state index contributed by atoms with van der Waals surface area (Å²) in [6.45, 7) is 5.61. The standard InChI is InChI=1S/C27H30N2O/c1-2-29(26-11-5-9-23-8-3-4-10-25(23)26)18-6-7-22-12-14-24(15-13-22)27(21-28)16-19-30-20-17-27/h3-5,8-15H,2,6-7,16-20H2,1H3. The SMILES string of the molecule is CCN(CCCc1ccc(C2(C#N)CCOCC2)cc1)c1cccc2ccccc12. The number of hydrogen-bond donors (Lipinski definition) is 0. The summed E-state index contributed by atoms with van der Waals surface area (Å²) in [5.74, 6) is 0. The van der Waals surface area contributed by atoms with E-state index in [-0.39, 0.29) is 5.41 Å². The summed E-state index contributed by atoms with van der Waals surface area (Å²) in [5.41, 5.74) is 3.43. The highest BCUT2D eigenvalue weighted by atomic mass is 16.5. The van der Waals surface area contributed by atoms with Gasteiger partial charge in [0.2, 0.25) is 0 Å². The maximum atomic E-state index is 9.77. The Kier molecular flexibility index (Phi) is 6.35. The van der Waals surface area contributed by atoms with Gasteiger partial charge in [0.25, 0.3) is 0 Å². The van der Waals surface area contributed by atoms with Gasteiger partial charge in [-0.1, -0.05) is 60.7 Å². The smallest absolute Gasteiger partial charge is 0.0866 e. The minimum absolute atomic E-state index is 0.371. The second-order valence-corrected chi connectivity index (χ2v) is 8.18. The number of nitriles is 1. The normalized spacial score (nSPS) is 15.6. The number of rotatable bonds is 7. The Bertz CT molecular complexity index is 1010. The fraction of sp³-hybridized carbons (Fsp3) is 0.370. The van der Waals surface area contributed by atoms with Crippen LogP contribution in [0.1, 0.15) is 37.3 Å². The predicted octanol–water partition coefficient (Wildman–Crippen LogP) is 5.87. The first-order chi connectivity index (χ1) is 14.8. The molecule has 3 aromatic carbocycles. The van der Waals surface area contributed by atoms with Crippen molar-refractivity contribution in [3.8, 4) is 6.07 Å². The Balaban J connectivity index is 1.40. The molecular formula is C27H30N2O. The second-order valence-electron chi connectivity index (χ2n) is 8.18. The number of aryl methyl sites for hydroxylation is 1. The Hall–Kier alpha value is -2.83. The van der Waals surface area contributed by atoms with E-state index in [1.165, 1.54) is 22.0 Å². The third kappa shape index (κ3) is 4.20. The monoisotopic (exact) mass is 398 g/mol. The summed E-state index contributed by atoms with van der Waals surface area (Å²) in [7, 11) is 0. The lowest BCUT2D eigenvalue weighted by molar-refractivity contribution is 0.0675. The van der Waals surface area contributed by atoms with Crippen molar-refractivity contribution >= 4 is 16.5 Å². The maximum Gasteiger partial charge on any atom is 0.0866 e. The molecule has 1 heterocycles. The fourth-order valence-electron chi connectivity index (χ4n) is 4.58. The van der Waals surface area contributed by atoms with E-state index < -0.39 is 0 Å². The molecule has 0 amide bonds. The molecule has 1 aliphatic rings. The average Bonchev–Trinajstić information content (AvgIpc) is 2.82. The van der Waals surface area contributed by atoms with E-state index in [1.807, 2.05) is 0 Å². The molecule has 0 aromatic heterocycles. The topological polar surface area (TPSA) is 36.3 Å². The molecule has 3 heteroatoms. The Morgan fingerprint density at radius 1 is 0.967 bits per heavy atom. The van der Waals surface area contributed by atoms with Gasteiger partial charge in [0.1, 0.15) is 0 Å². The van der Waals surface area contributed by atoms with Crippen LogP contribution in [-0.2, 0) is 16.6 Å². The molecule has 1 fully saturated rings. The highest BCUT2D eigenvalue weighted by Gasteiger charge is 2.34. The molecule has 3 aromatic rings. The van der Waals surface area contributed by atoms with Gasteiger partial charge >= 0.3 is 0 Å². The molecule has 0 atom stereocenters. The van der Waals surface area contributed by atoms with Gasteiger partial charge in [0.15, 0.2) is 0 Å². The van der Waals surface area contributed by atoms with Crippen LogP contribution in [0.3, 0.4) is 0 Å². The minimum Gasteiger partial charge on any atom is -0.381 e. The van der Waals surface area contributed by atoms with Crippen LogP contribution in [0.2, 0.25) is 0 Å². The Morgan fingerprint density at radius 2 is 1.70 bits per heavy atom. The highest BCUT2D eigenvalue weighted by Crippen LogP contribution is 2.34. The summed E-state index contributed by atoms with van der Waals surface area (Å²) in [6, 6.07) is 26.5. The molecule has 1 saturated heterocycles. The number of ether oxygens (including phenoxy) is 1. The number of anilines is 1. The minimum atomic E-state index is -0.371. The molecule has 0 radical (unpaired) electrons. The molecule has 0 saturated carbocycles. The van der Waals surface area contributed by atoms with E-state index in [9.17, 15) is 5.26 Å². The van der Waals surface area contributed by atoms with Gasteiger partial charge in [-0.25, -0.2) is 0 Å². The van der Waals surface area contributed by atoms with Crippen LogP contribution in [0.4, 0.5) is 5.69 Å². The van der Waals surface area contributed by atoms with E-state index in [0.29, 0.717) is 13.2 Å². The van der Waals surface area contributed by atoms with E-state index in [2.05, 4.69) is 84.6 Å². The third-order valence-corrected chi connectivity index (χ3v) is 6.45. The molecule has 0 N–H and O–H groups in total. The summed E-state index contributed by atoms with van der Waals surface area (Å²) in [5, 5.41) is 12.4. The van der Waals surface area contributed by atoms with Crippen molar-refractivity contribution in [3.05, 3.63) is 77.9 Å². The van der Waals surface area contributed by atoms with Gasteiger partial charge in [-0.2, -0.15) is 5.26 Å². The van der Waals surface area contributed by atoms with Gasteiger partial charge in [0, 0.05) is 37.4 Å². The molecule has 1 aliphatic heterocycles. The summed E-state index contributed by atoms with van der Waals surface area (Å²) in [4.78, 5) is 2.48. The maximum absolute atomic E-state index is 9.77. The van der Waals surface area contributed by atoms with Crippen molar-refractivity contribution in [2.75, 3.05) is 31.2 Å². The van der Waals surface area contributed by atoms with Gasteiger partial charge < -0.3 is 9.64 Å². The Morgan fingerprint density at radius 3 is 2.43 bits per heavy atom. The Labute approximate surface area is 179 Å². The quantitative estimate of drug-likeness (QED) is 0.499. The van der Waals surface area contributed by atoms with Crippen LogP contribution in [0.15, 0.2) is 66.7 Å². The lowest BCUT2D eigenvalue weighted by Gasteiger charge is -2.31. The second kappa shape index (κ2) is 9.32. The summed E-state index contributed by atoms with van der Waals surface area (Å²) >= 11 is 0. The number of fused-ring (bicyclic) bond motifs is 1. The van der Waals surface area contributed by atoms with Crippen LogP contribution in [-0.4, -0.2) is 26.3 Å². The largest absolute Gasteiger partial charge is 0.381 e. The van der Waals surface area contributed by atoms with Crippen LogP contribution < -0.4 is 4.90 Å². The van der Waals surface area contributed by atoms with Crippen molar-refractivity contribution < 1.29 is 4.74 Å². The first-order valence-corrected chi connectivity index (χ1v) is 11.1. The number of benzene rings is 3. The van der Waals surface area contributed by atoms with Gasteiger partial charge in [0.05, 0.1) is 11.5 Å². The van der Waals surface area contributed by atoms with Crippen LogP contribution in [0.25, 0.3) is 10.8 Å². The lowest BCUT2D eigenvalue weighted by atomic mass is 9.75. The average molecular weight is 399 g/mol. The molecule has 30 heavy (non-hydrogen) atoms. The van der Waals surface area contributed by atoms with Crippen LogP contribution in [0, 0.1) is 11.3 Å². The summed E-state index contributed by atoms with van der Waals surface area (Å²) < 4.78 is 5.47. The molecule has 3 nitrogen and oxygen atoms in total. The van der Waals surface area contributed by atoms with Crippen molar-refractivity contribution in [1.29, 1.82) is 5.26 Å². The predicted molar refractivity (Wildman–Crippen MR) is 124 cm³/mol. The third-order valence-electron chi connectivity index (χ3n) is 6.45. The van der Waals surface area contributed by atoms with Crippen molar-refractivity contribution in [3.63, 3.8) is 0 Å². The van der Waals surface area contributed by atoms with Gasteiger partial charge in [-0.15, -0.1) is 0 Å². The van der Waals surface area contributed by atoms with E-state index >= 15 is 0 Å². The molecule has 0 aliphatic carbocycles. The van der Waals surface area contributed by atoms with E-state index in [4.69, 9.17) is 4.74 Å². The first-order valence-electron chi connectivity index (χ1n) is 11.1. The van der Waals surface area contributed by atoms with Gasteiger partial charge in [-0.3, -0.25) is 0 Å². The van der Waals surface area contributed by atoms with Crippen molar-refractivity contribution in [1.82, 2.24) is 0 Å². The van der Waals surface area contributed by atoms with Gasteiger partial charge in [-0.05, 0) is 55.2 Å². The number of hydrogen-bond acceptors (Lipinski definition) is 3.